The largest absolute Gasteiger partial charge is 0.357 e. The Labute approximate surface area is 262 Å². The molecule has 6 aromatic rings. The van der Waals surface area contributed by atoms with Crippen LogP contribution in [-0.2, 0) is 0 Å². The van der Waals surface area contributed by atoms with Crippen molar-refractivity contribution in [3.05, 3.63) is 168 Å². The lowest BCUT2D eigenvalue weighted by Gasteiger charge is -2.32. The Hall–Kier alpha value is -4.84. The second-order valence-electron chi connectivity index (χ2n) is 11.4. The van der Waals surface area contributed by atoms with Crippen LogP contribution in [0.4, 0.5) is 5.69 Å². The summed E-state index contributed by atoms with van der Waals surface area (Å²) in [6.45, 7) is 0. The van der Waals surface area contributed by atoms with Crippen LogP contribution >= 0.6 is 11.8 Å². The molecule has 2 heterocycles. The van der Waals surface area contributed by atoms with Gasteiger partial charge in [0.15, 0.2) is 0 Å². The average molecular weight is 589 g/mol. The number of hydrogen-bond acceptors (Lipinski definition) is 5. The minimum absolute atomic E-state index is 0.0596. The maximum atomic E-state index is 5.15. The van der Waals surface area contributed by atoms with Crippen molar-refractivity contribution in [2.75, 3.05) is 11.9 Å². The van der Waals surface area contributed by atoms with E-state index in [1.165, 1.54) is 43.6 Å². The fourth-order valence-electron chi connectivity index (χ4n) is 6.28. The van der Waals surface area contributed by atoms with Gasteiger partial charge in [0.05, 0.1) is 5.69 Å². The first-order valence-corrected chi connectivity index (χ1v) is 15.9. The molecule has 44 heavy (non-hydrogen) atoms. The van der Waals surface area contributed by atoms with Crippen molar-refractivity contribution in [1.82, 2.24) is 10.6 Å². The predicted molar refractivity (Wildman–Crippen MR) is 184 cm³/mol. The quantitative estimate of drug-likeness (QED) is 0.211. The van der Waals surface area contributed by atoms with Crippen LogP contribution in [0, 0.1) is 0 Å². The molecule has 8 rings (SSSR count). The Morgan fingerprint density at radius 3 is 2.05 bits per heavy atom. The molecule has 0 fully saturated rings. The summed E-state index contributed by atoms with van der Waals surface area (Å²) in [6.07, 6.45) is -0.252. The van der Waals surface area contributed by atoms with Gasteiger partial charge in [-0.15, -0.1) is 0 Å². The van der Waals surface area contributed by atoms with E-state index in [4.69, 9.17) is 4.99 Å². The topological polar surface area (TPSA) is 39.7 Å². The SMILES string of the molecule is CN1c2ccc3cc(-c4cccc(C5N=C(c6ccccc6)NC(c6ccccc6)N5)c4)ccc3c2SC1c1ccccc1. The van der Waals surface area contributed by atoms with Gasteiger partial charge >= 0.3 is 0 Å². The maximum absolute atomic E-state index is 5.15. The van der Waals surface area contributed by atoms with Crippen molar-refractivity contribution in [2.24, 2.45) is 4.99 Å². The van der Waals surface area contributed by atoms with E-state index in [0.717, 1.165) is 17.0 Å². The van der Waals surface area contributed by atoms with E-state index >= 15 is 0 Å². The number of nitrogens with zero attached hydrogens (tertiary/aromatic N) is 2. The van der Waals surface area contributed by atoms with E-state index in [9.17, 15) is 0 Å². The van der Waals surface area contributed by atoms with Crippen molar-refractivity contribution >= 4 is 34.1 Å². The zero-order valence-electron chi connectivity index (χ0n) is 24.4. The van der Waals surface area contributed by atoms with E-state index in [2.05, 4.69) is 162 Å². The Kier molecular flexibility index (Phi) is 6.90. The third-order valence-corrected chi connectivity index (χ3v) is 10.1. The van der Waals surface area contributed by atoms with E-state index in [1.807, 2.05) is 17.8 Å². The van der Waals surface area contributed by atoms with Gasteiger partial charge in [-0.05, 0) is 56.8 Å². The molecular weight excluding hydrogens is 557 g/mol. The van der Waals surface area contributed by atoms with E-state index in [-0.39, 0.29) is 17.7 Å². The maximum Gasteiger partial charge on any atom is 0.131 e. The van der Waals surface area contributed by atoms with Crippen LogP contribution in [0.1, 0.15) is 40.0 Å². The molecule has 0 amide bonds. The lowest BCUT2D eigenvalue weighted by atomic mass is 9.98. The molecule has 0 saturated heterocycles. The number of thioether (sulfide) groups is 1. The number of nitrogens with one attached hydrogen (secondary N) is 2. The second kappa shape index (κ2) is 11.3. The first-order chi connectivity index (χ1) is 21.7. The van der Waals surface area contributed by atoms with Gasteiger partial charge in [0.1, 0.15) is 23.5 Å². The highest BCUT2D eigenvalue weighted by Crippen LogP contribution is 2.53. The molecule has 3 unspecified atom stereocenters. The molecular formula is C39H32N4S. The molecule has 5 heteroatoms. The van der Waals surface area contributed by atoms with Gasteiger partial charge in [-0.3, -0.25) is 5.32 Å². The monoisotopic (exact) mass is 588 g/mol. The normalized spacial score (nSPS) is 19.3. The van der Waals surface area contributed by atoms with Gasteiger partial charge < -0.3 is 10.2 Å². The molecule has 0 spiro atoms. The van der Waals surface area contributed by atoms with Crippen LogP contribution in [0.3, 0.4) is 0 Å². The lowest BCUT2D eigenvalue weighted by molar-refractivity contribution is 0.409. The minimum Gasteiger partial charge on any atom is -0.357 e. The highest BCUT2D eigenvalue weighted by molar-refractivity contribution is 8.00. The number of aliphatic imine (C=N–C) groups is 1. The molecule has 6 aromatic carbocycles. The summed E-state index contributed by atoms with van der Waals surface area (Å²) in [5.41, 5.74) is 8.41. The van der Waals surface area contributed by atoms with Crippen LogP contribution in [0.2, 0.25) is 0 Å². The summed E-state index contributed by atoms with van der Waals surface area (Å²) >= 11 is 1.94. The van der Waals surface area contributed by atoms with Gasteiger partial charge in [0.25, 0.3) is 0 Å². The molecule has 0 saturated carbocycles. The summed E-state index contributed by atoms with van der Waals surface area (Å²) in [4.78, 5) is 8.90. The molecule has 0 bridgehead atoms. The number of amidine groups is 1. The first-order valence-electron chi connectivity index (χ1n) is 15.0. The molecule has 214 valence electrons. The van der Waals surface area contributed by atoms with Crippen molar-refractivity contribution in [3.8, 4) is 11.1 Å². The van der Waals surface area contributed by atoms with E-state index < -0.39 is 0 Å². The third-order valence-electron chi connectivity index (χ3n) is 8.58. The van der Waals surface area contributed by atoms with Crippen LogP contribution < -0.4 is 15.5 Å². The van der Waals surface area contributed by atoms with Gasteiger partial charge in [-0.25, -0.2) is 4.99 Å². The smallest absolute Gasteiger partial charge is 0.131 e. The van der Waals surface area contributed by atoms with Crippen molar-refractivity contribution in [1.29, 1.82) is 0 Å². The minimum atomic E-state index is -0.192. The number of hydrogen-bond donors (Lipinski definition) is 2. The number of anilines is 1. The number of rotatable bonds is 5. The number of fused-ring (bicyclic) bond motifs is 3. The molecule has 2 aliphatic heterocycles. The molecule has 3 atom stereocenters. The molecule has 2 N–H and O–H groups in total. The van der Waals surface area contributed by atoms with Gasteiger partial charge in [-0.1, -0.05) is 139 Å². The van der Waals surface area contributed by atoms with Gasteiger partial charge in [0, 0.05) is 17.5 Å². The number of benzene rings is 6. The van der Waals surface area contributed by atoms with Crippen molar-refractivity contribution in [2.45, 2.75) is 22.6 Å². The first kappa shape index (κ1) is 26.8. The van der Waals surface area contributed by atoms with Crippen LogP contribution in [0.5, 0.6) is 0 Å². The lowest BCUT2D eigenvalue weighted by Crippen LogP contribution is -2.44. The molecule has 0 aliphatic carbocycles. The summed E-state index contributed by atoms with van der Waals surface area (Å²) in [5.74, 6) is 0.893. The fourth-order valence-corrected chi connectivity index (χ4v) is 7.71. The molecule has 0 radical (unpaired) electrons. The third kappa shape index (κ3) is 4.94. The zero-order chi connectivity index (χ0) is 29.5. The summed E-state index contributed by atoms with van der Waals surface area (Å²) < 4.78 is 0. The standard InChI is InChI=1S/C39H32N4S/c1-43-34-23-21-31-24-30(20-22-33(31)35(34)44-39(43)28-16-9-4-10-17-28)29-18-11-19-32(25-29)38-41-36(26-12-5-2-6-13-26)40-37(42-38)27-14-7-3-8-15-27/h2-25,36,38-39,41H,1H3,(H,40,42). The van der Waals surface area contributed by atoms with Gasteiger partial charge in [0.2, 0.25) is 0 Å². The highest BCUT2D eigenvalue weighted by Gasteiger charge is 2.30. The Bertz CT molecular complexity index is 1970. The highest BCUT2D eigenvalue weighted by atomic mass is 32.2. The Balaban J connectivity index is 1.13. The zero-order valence-corrected chi connectivity index (χ0v) is 25.2. The van der Waals surface area contributed by atoms with Crippen LogP contribution in [0.25, 0.3) is 21.9 Å². The summed E-state index contributed by atoms with van der Waals surface area (Å²) in [6, 6.07) is 51.9. The van der Waals surface area contributed by atoms with Crippen molar-refractivity contribution < 1.29 is 0 Å². The van der Waals surface area contributed by atoms with Crippen LogP contribution in [-0.4, -0.2) is 12.9 Å². The average Bonchev–Trinajstić information content (AvgIpc) is 3.45. The Morgan fingerprint density at radius 1 is 0.614 bits per heavy atom. The van der Waals surface area contributed by atoms with Gasteiger partial charge in [-0.2, -0.15) is 0 Å². The van der Waals surface area contributed by atoms with E-state index in [1.54, 1.807) is 0 Å². The summed E-state index contributed by atoms with van der Waals surface area (Å²) in [5, 5.41) is 10.2. The fraction of sp³-hybridized carbons (Fsp3) is 0.103. The van der Waals surface area contributed by atoms with E-state index in [0.29, 0.717) is 0 Å². The van der Waals surface area contributed by atoms with Crippen molar-refractivity contribution in [3.63, 3.8) is 0 Å². The molecule has 2 aliphatic rings. The predicted octanol–water partition coefficient (Wildman–Crippen LogP) is 9.08. The second-order valence-corrected chi connectivity index (χ2v) is 12.5. The van der Waals surface area contributed by atoms with Crippen LogP contribution in [0.15, 0.2) is 155 Å². The molecule has 0 aromatic heterocycles. The Morgan fingerprint density at radius 2 is 1.27 bits per heavy atom. The molecule has 4 nitrogen and oxygen atoms in total. The summed E-state index contributed by atoms with van der Waals surface area (Å²) in [7, 11) is 2.20.